The Bertz CT molecular complexity index is 430. The minimum absolute atomic E-state index is 0.360. The van der Waals surface area contributed by atoms with Gasteiger partial charge in [0.15, 0.2) is 0 Å². The lowest BCUT2D eigenvalue weighted by atomic mass is 9.85. The van der Waals surface area contributed by atoms with Gasteiger partial charge >= 0.3 is 0 Å². The fourth-order valence-electron chi connectivity index (χ4n) is 2.65. The highest BCUT2D eigenvalue weighted by atomic mass is 16.3. The van der Waals surface area contributed by atoms with Crippen molar-refractivity contribution in [3.63, 3.8) is 0 Å². The molecule has 1 aliphatic rings. The Hall–Kier alpha value is -1.62. The molecule has 1 aromatic heterocycles. The molecule has 0 saturated heterocycles. The van der Waals surface area contributed by atoms with E-state index in [0.29, 0.717) is 23.7 Å². The highest BCUT2D eigenvalue weighted by Gasteiger charge is 2.21. The first-order chi connectivity index (χ1) is 9.18. The van der Waals surface area contributed by atoms with Crippen molar-refractivity contribution in [2.75, 3.05) is 11.9 Å². The lowest BCUT2D eigenvalue weighted by Gasteiger charge is -2.27. The van der Waals surface area contributed by atoms with E-state index in [1.165, 1.54) is 25.5 Å². The number of nitrogens with two attached hydrogens (primary N) is 1. The lowest BCUT2D eigenvalue weighted by molar-refractivity contribution is 0.0952. The van der Waals surface area contributed by atoms with Crippen molar-refractivity contribution in [3.8, 4) is 0 Å². The Morgan fingerprint density at radius 3 is 2.89 bits per heavy atom. The average Bonchev–Trinajstić information content (AvgIpc) is 2.46. The molecular formula is C14H21N3O2. The van der Waals surface area contributed by atoms with Gasteiger partial charge in [0, 0.05) is 18.9 Å². The van der Waals surface area contributed by atoms with Crippen LogP contribution in [0, 0.1) is 5.92 Å². The second-order valence-electron chi connectivity index (χ2n) is 5.13. The maximum Gasteiger partial charge on any atom is 0.252 e. The van der Waals surface area contributed by atoms with Crippen molar-refractivity contribution >= 4 is 11.6 Å². The van der Waals surface area contributed by atoms with E-state index in [2.05, 4.69) is 10.3 Å². The summed E-state index contributed by atoms with van der Waals surface area (Å²) in [5, 5.41) is 13.3. The van der Waals surface area contributed by atoms with Gasteiger partial charge in [-0.3, -0.25) is 9.78 Å². The number of pyridine rings is 1. The van der Waals surface area contributed by atoms with Crippen molar-refractivity contribution in [3.05, 3.63) is 24.0 Å². The van der Waals surface area contributed by atoms with Crippen LogP contribution in [0.3, 0.4) is 0 Å². The molecule has 0 bridgehead atoms. The fourth-order valence-corrected chi connectivity index (χ4v) is 2.65. The Labute approximate surface area is 113 Å². The zero-order valence-electron chi connectivity index (χ0n) is 11.0. The molecule has 2 rings (SSSR count). The Morgan fingerprint density at radius 1 is 1.47 bits per heavy atom. The zero-order valence-corrected chi connectivity index (χ0v) is 11.0. The standard InChI is InChI=1S/C14H21N3O2/c15-14(19)11-8-16-7-6-12(11)17-9-13(18)10-4-2-1-3-5-10/h6-8,10,13,18H,1-5,9H2,(H2,15,19)(H,16,17). The fraction of sp³-hybridized carbons (Fsp3) is 0.571. The maximum atomic E-state index is 11.2. The van der Waals surface area contributed by atoms with Gasteiger partial charge in [0.25, 0.3) is 5.91 Å². The Kier molecular flexibility index (Phi) is 4.74. The van der Waals surface area contributed by atoms with E-state index in [-0.39, 0.29) is 6.10 Å². The molecule has 19 heavy (non-hydrogen) atoms. The summed E-state index contributed by atoms with van der Waals surface area (Å²) >= 11 is 0. The number of hydrogen-bond donors (Lipinski definition) is 3. The zero-order chi connectivity index (χ0) is 13.7. The molecule has 5 heteroatoms. The molecule has 1 aliphatic carbocycles. The normalized spacial score (nSPS) is 17.9. The van der Waals surface area contributed by atoms with Crippen LogP contribution in [0.1, 0.15) is 42.5 Å². The number of amides is 1. The van der Waals surface area contributed by atoms with Crippen LogP contribution in [0.15, 0.2) is 18.5 Å². The molecule has 1 aromatic rings. The van der Waals surface area contributed by atoms with Gasteiger partial charge in [0.1, 0.15) is 0 Å². The van der Waals surface area contributed by atoms with E-state index in [9.17, 15) is 9.90 Å². The second kappa shape index (κ2) is 6.52. The van der Waals surface area contributed by atoms with Crippen molar-refractivity contribution < 1.29 is 9.90 Å². The molecule has 1 unspecified atom stereocenters. The number of carbonyl (C=O) groups excluding carboxylic acids is 1. The van der Waals surface area contributed by atoms with E-state index < -0.39 is 5.91 Å². The first kappa shape index (κ1) is 13.8. The van der Waals surface area contributed by atoms with Gasteiger partial charge in [-0.1, -0.05) is 19.3 Å². The number of aliphatic hydroxyl groups is 1. The predicted molar refractivity (Wildman–Crippen MR) is 73.8 cm³/mol. The van der Waals surface area contributed by atoms with Gasteiger partial charge in [0.2, 0.25) is 0 Å². The lowest BCUT2D eigenvalue weighted by Crippen LogP contribution is -2.30. The predicted octanol–water partition coefficient (Wildman–Crippen LogP) is 1.53. The molecule has 1 atom stereocenters. The van der Waals surface area contributed by atoms with Crippen LogP contribution in [-0.2, 0) is 0 Å². The van der Waals surface area contributed by atoms with E-state index >= 15 is 0 Å². The molecule has 1 saturated carbocycles. The first-order valence-corrected chi connectivity index (χ1v) is 6.84. The molecular weight excluding hydrogens is 242 g/mol. The number of hydrogen-bond acceptors (Lipinski definition) is 4. The Morgan fingerprint density at radius 2 is 2.21 bits per heavy atom. The van der Waals surface area contributed by atoms with Gasteiger partial charge in [-0.05, 0) is 24.8 Å². The molecule has 0 radical (unpaired) electrons. The third-order valence-electron chi connectivity index (χ3n) is 3.78. The highest BCUT2D eigenvalue weighted by molar-refractivity contribution is 5.98. The minimum atomic E-state index is -0.511. The number of anilines is 1. The van der Waals surface area contributed by atoms with Crippen LogP contribution < -0.4 is 11.1 Å². The summed E-state index contributed by atoms with van der Waals surface area (Å²) in [7, 11) is 0. The number of aromatic nitrogens is 1. The summed E-state index contributed by atoms with van der Waals surface area (Å²) in [5.41, 5.74) is 6.28. The van der Waals surface area contributed by atoms with E-state index in [1.54, 1.807) is 12.3 Å². The SMILES string of the molecule is NC(=O)c1cnccc1NCC(O)C1CCCCC1. The summed E-state index contributed by atoms with van der Waals surface area (Å²) in [6.07, 6.45) is 8.50. The topological polar surface area (TPSA) is 88.2 Å². The third-order valence-corrected chi connectivity index (χ3v) is 3.78. The number of nitrogens with zero attached hydrogens (tertiary/aromatic N) is 1. The van der Waals surface area contributed by atoms with Crippen LogP contribution in [-0.4, -0.2) is 28.6 Å². The first-order valence-electron chi connectivity index (χ1n) is 6.84. The van der Waals surface area contributed by atoms with E-state index in [0.717, 1.165) is 12.8 Å². The quantitative estimate of drug-likeness (QED) is 0.751. The van der Waals surface area contributed by atoms with E-state index in [1.807, 2.05) is 0 Å². The van der Waals surface area contributed by atoms with Crippen LogP contribution in [0.25, 0.3) is 0 Å². The maximum absolute atomic E-state index is 11.2. The summed E-state index contributed by atoms with van der Waals surface area (Å²) < 4.78 is 0. The van der Waals surface area contributed by atoms with Crippen molar-refractivity contribution in [2.24, 2.45) is 11.7 Å². The average molecular weight is 263 g/mol. The monoisotopic (exact) mass is 263 g/mol. The number of carbonyl (C=O) groups is 1. The summed E-state index contributed by atoms with van der Waals surface area (Å²) in [6.45, 7) is 0.439. The third kappa shape index (κ3) is 3.67. The molecule has 0 spiro atoms. The van der Waals surface area contributed by atoms with Crippen LogP contribution >= 0.6 is 0 Å². The van der Waals surface area contributed by atoms with Gasteiger partial charge in [-0.2, -0.15) is 0 Å². The molecule has 5 nitrogen and oxygen atoms in total. The molecule has 0 aromatic carbocycles. The van der Waals surface area contributed by atoms with Crippen LogP contribution in [0.4, 0.5) is 5.69 Å². The number of rotatable bonds is 5. The second-order valence-corrected chi connectivity index (χ2v) is 5.13. The van der Waals surface area contributed by atoms with Crippen molar-refractivity contribution in [2.45, 2.75) is 38.2 Å². The highest BCUT2D eigenvalue weighted by Crippen LogP contribution is 2.26. The molecule has 1 heterocycles. The van der Waals surface area contributed by atoms with Crippen LogP contribution in [0.2, 0.25) is 0 Å². The minimum Gasteiger partial charge on any atom is -0.391 e. The molecule has 104 valence electrons. The number of primary amides is 1. The van der Waals surface area contributed by atoms with Gasteiger partial charge < -0.3 is 16.2 Å². The van der Waals surface area contributed by atoms with Gasteiger partial charge in [-0.15, -0.1) is 0 Å². The summed E-state index contributed by atoms with van der Waals surface area (Å²) in [6, 6.07) is 1.70. The van der Waals surface area contributed by atoms with Crippen LogP contribution in [0.5, 0.6) is 0 Å². The molecule has 0 aliphatic heterocycles. The van der Waals surface area contributed by atoms with Crippen molar-refractivity contribution in [1.82, 2.24) is 4.98 Å². The number of nitrogens with one attached hydrogen (secondary N) is 1. The van der Waals surface area contributed by atoms with Gasteiger partial charge in [0.05, 0.1) is 17.4 Å². The van der Waals surface area contributed by atoms with E-state index in [4.69, 9.17) is 5.73 Å². The largest absolute Gasteiger partial charge is 0.391 e. The van der Waals surface area contributed by atoms with Crippen molar-refractivity contribution in [1.29, 1.82) is 0 Å². The Balaban J connectivity index is 1.92. The number of aliphatic hydroxyl groups excluding tert-OH is 1. The summed E-state index contributed by atoms with van der Waals surface area (Å²) in [4.78, 5) is 15.1. The smallest absolute Gasteiger partial charge is 0.252 e. The summed E-state index contributed by atoms with van der Waals surface area (Å²) in [5.74, 6) is -0.150. The molecule has 4 N–H and O–H groups in total. The van der Waals surface area contributed by atoms with Gasteiger partial charge in [-0.25, -0.2) is 0 Å². The molecule has 1 amide bonds. The molecule has 1 fully saturated rings.